The number of hydrogen-bond donors (Lipinski definition) is 0. The molecule has 0 aromatic heterocycles. The molecular formula is C15H8F3NO2. The molecule has 0 aliphatic rings. The van der Waals surface area contributed by atoms with Crippen molar-refractivity contribution in [3.05, 3.63) is 65.2 Å². The van der Waals surface area contributed by atoms with E-state index < -0.39 is 17.7 Å². The third kappa shape index (κ3) is 3.60. The standard InChI is InChI=1S/C15H8F3NO2/c16-15(17,18)12-6-4-11(5-7-12)14(20)21-13-3-1-2-10(8-13)9-19/h1-8H. The minimum Gasteiger partial charge on any atom is -0.423 e. The van der Waals surface area contributed by atoms with Crippen molar-refractivity contribution in [1.82, 2.24) is 0 Å². The van der Waals surface area contributed by atoms with Crippen molar-refractivity contribution in [3.63, 3.8) is 0 Å². The van der Waals surface area contributed by atoms with E-state index in [4.69, 9.17) is 10.00 Å². The van der Waals surface area contributed by atoms with E-state index in [1.807, 2.05) is 6.07 Å². The van der Waals surface area contributed by atoms with Crippen molar-refractivity contribution in [2.45, 2.75) is 6.18 Å². The van der Waals surface area contributed by atoms with Gasteiger partial charge in [0.05, 0.1) is 22.8 Å². The van der Waals surface area contributed by atoms with E-state index >= 15 is 0 Å². The van der Waals surface area contributed by atoms with Crippen LogP contribution in [0.3, 0.4) is 0 Å². The number of ether oxygens (including phenoxy) is 1. The Balaban J connectivity index is 2.15. The molecule has 2 aromatic carbocycles. The summed E-state index contributed by atoms with van der Waals surface area (Å²) in [7, 11) is 0. The maximum Gasteiger partial charge on any atom is 0.416 e. The molecule has 21 heavy (non-hydrogen) atoms. The number of nitriles is 1. The summed E-state index contributed by atoms with van der Waals surface area (Å²) >= 11 is 0. The Labute approximate surface area is 118 Å². The summed E-state index contributed by atoms with van der Waals surface area (Å²) in [5.41, 5.74) is -0.538. The second kappa shape index (κ2) is 5.67. The van der Waals surface area contributed by atoms with Gasteiger partial charge in [0.25, 0.3) is 0 Å². The minimum atomic E-state index is -4.45. The highest BCUT2D eigenvalue weighted by molar-refractivity contribution is 5.91. The van der Waals surface area contributed by atoms with Crippen LogP contribution in [0.5, 0.6) is 5.75 Å². The highest BCUT2D eigenvalue weighted by Crippen LogP contribution is 2.29. The predicted molar refractivity (Wildman–Crippen MR) is 67.6 cm³/mol. The van der Waals surface area contributed by atoms with Gasteiger partial charge in [-0.3, -0.25) is 0 Å². The number of benzene rings is 2. The van der Waals surface area contributed by atoms with E-state index in [9.17, 15) is 18.0 Å². The summed E-state index contributed by atoms with van der Waals surface area (Å²) < 4.78 is 42.2. The Bertz CT molecular complexity index is 700. The van der Waals surface area contributed by atoms with Crippen LogP contribution in [0, 0.1) is 11.3 Å². The van der Waals surface area contributed by atoms with Crippen molar-refractivity contribution >= 4 is 5.97 Å². The highest BCUT2D eigenvalue weighted by Gasteiger charge is 2.30. The number of esters is 1. The molecule has 0 bridgehead atoms. The number of carbonyl (C=O) groups excluding carboxylic acids is 1. The molecule has 2 rings (SSSR count). The Morgan fingerprint density at radius 2 is 1.76 bits per heavy atom. The molecule has 0 radical (unpaired) electrons. The number of alkyl halides is 3. The lowest BCUT2D eigenvalue weighted by Crippen LogP contribution is -2.10. The molecule has 0 heterocycles. The quantitative estimate of drug-likeness (QED) is 0.624. The van der Waals surface area contributed by atoms with Gasteiger partial charge < -0.3 is 4.74 Å². The van der Waals surface area contributed by atoms with Crippen molar-refractivity contribution in [2.24, 2.45) is 0 Å². The number of nitrogens with zero attached hydrogens (tertiary/aromatic N) is 1. The lowest BCUT2D eigenvalue weighted by Gasteiger charge is -2.08. The van der Waals surface area contributed by atoms with Crippen LogP contribution >= 0.6 is 0 Å². The largest absolute Gasteiger partial charge is 0.423 e. The fourth-order valence-corrected chi connectivity index (χ4v) is 1.59. The molecule has 2 aromatic rings. The van der Waals surface area contributed by atoms with Crippen LogP contribution in [0.25, 0.3) is 0 Å². The van der Waals surface area contributed by atoms with Crippen LogP contribution in [-0.2, 0) is 6.18 Å². The molecule has 6 heteroatoms. The van der Waals surface area contributed by atoms with Gasteiger partial charge in [-0.15, -0.1) is 0 Å². The Morgan fingerprint density at radius 3 is 2.33 bits per heavy atom. The summed E-state index contributed by atoms with van der Waals surface area (Å²) in [5.74, 6) is -0.641. The topological polar surface area (TPSA) is 50.1 Å². The fourth-order valence-electron chi connectivity index (χ4n) is 1.59. The number of rotatable bonds is 2. The van der Waals surface area contributed by atoms with Gasteiger partial charge >= 0.3 is 12.1 Å². The molecule has 0 saturated heterocycles. The lowest BCUT2D eigenvalue weighted by atomic mass is 10.1. The number of carbonyl (C=O) groups is 1. The first-order chi connectivity index (χ1) is 9.90. The molecular weight excluding hydrogens is 283 g/mol. The normalized spacial score (nSPS) is 10.8. The summed E-state index contributed by atoms with van der Waals surface area (Å²) in [6.07, 6.45) is -4.45. The second-order valence-electron chi connectivity index (χ2n) is 4.10. The van der Waals surface area contributed by atoms with Gasteiger partial charge in [-0.1, -0.05) is 6.07 Å². The van der Waals surface area contributed by atoms with Gasteiger partial charge in [-0.05, 0) is 42.5 Å². The second-order valence-corrected chi connectivity index (χ2v) is 4.10. The van der Waals surface area contributed by atoms with Crippen LogP contribution in [0.1, 0.15) is 21.5 Å². The molecule has 0 saturated carbocycles. The molecule has 0 spiro atoms. The van der Waals surface area contributed by atoms with E-state index in [0.29, 0.717) is 5.56 Å². The molecule has 0 amide bonds. The molecule has 0 aliphatic heterocycles. The Morgan fingerprint density at radius 1 is 1.10 bits per heavy atom. The average molecular weight is 291 g/mol. The maximum absolute atomic E-state index is 12.4. The molecule has 0 atom stereocenters. The molecule has 0 aliphatic carbocycles. The van der Waals surface area contributed by atoms with Crippen LogP contribution in [0.15, 0.2) is 48.5 Å². The van der Waals surface area contributed by atoms with Crippen molar-refractivity contribution < 1.29 is 22.7 Å². The van der Waals surface area contributed by atoms with Crippen molar-refractivity contribution in [2.75, 3.05) is 0 Å². The Hall–Kier alpha value is -2.81. The van der Waals surface area contributed by atoms with Crippen molar-refractivity contribution in [1.29, 1.82) is 5.26 Å². The zero-order chi connectivity index (χ0) is 15.5. The van der Waals surface area contributed by atoms with E-state index in [1.165, 1.54) is 24.3 Å². The highest BCUT2D eigenvalue weighted by atomic mass is 19.4. The first kappa shape index (κ1) is 14.6. The summed E-state index contributed by atoms with van der Waals surface area (Å²) in [6, 6.07) is 11.5. The minimum absolute atomic E-state index is 0.00893. The van der Waals surface area contributed by atoms with Gasteiger partial charge in [0.2, 0.25) is 0 Å². The first-order valence-corrected chi connectivity index (χ1v) is 5.80. The molecule has 106 valence electrons. The van der Waals surface area contributed by atoms with Crippen LogP contribution < -0.4 is 4.74 Å². The molecule has 3 nitrogen and oxygen atoms in total. The predicted octanol–water partition coefficient (Wildman–Crippen LogP) is 3.80. The van der Waals surface area contributed by atoms with E-state index in [-0.39, 0.29) is 11.3 Å². The summed E-state index contributed by atoms with van der Waals surface area (Å²) in [4.78, 5) is 11.8. The van der Waals surface area contributed by atoms with Crippen LogP contribution in [0.4, 0.5) is 13.2 Å². The number of hydrogen-bond acceptors (Lipinski definition) is 3. The van der Waals surface area contributed by atoms with Crippen LogP contribution in [0.2, 0.25) is 0 Å². The van der Waals surface area contributed by atoms with Gasteiger partial charge in [-0.25, -0.2) is 4.79 Å². The van der Waals surface area contributed by atoms with Gasteiger partial charge in [0, 0.05) is 0 Å². The molecule has 0 fully saturated rings. The average Bonchev–Trinajstić information content (AvgIpc) is 2.46. The fraction of sp³-hybridized carbons (Fsp3) is 0.0667. The maximum atomic E-state index is 12.4. The molecule has 0 unspecified atom stereocenters. The van der Waals surface area contributed by atoms with E-state index in [2.05, 4.69) is 0 Å². The van der Waals surface area contributed by atoms with E-state index in [1.54, 1.807) is 0 Å². The zero-order valence-corrected chi connectivity index (χ0v) is 10.5. The number of halogens is 3. The monoisotopic (exact) mass is 291 g/mol. The third-order valence-electron chi connectivity index (χ3n) is 2.62. The SMILES string of the molecule is N#Cc1cccc(OC(=O)c2ccc(C(F)(F)F)cc2)c1. The summed E-state index contributed by atoms with van der Waals surface area (Å²) in [5, 5.41) is 8.72. The lowest BCUT2D eigenvalue weighted by molar-refractivity contribution is -0.137. The third-order valence-corrected chi connectivity index (χ3v) is 2.62. The summed E-state index contributed by atoms with van der Waals surface area (Å²) in [6.45, 7) is 0. The first-order valence-electron chi connectivity index (χ1n) is 5.80. The van der Waals surface area contributed by atoms with E-state index in [0.717, 1.165) is 24.3 Å². The van der Waals surface area contributed by atoms with Gasteiger partial charge in [0.1, 0.15) is 5.75 Å². The van der Waals surface area contributed by atoms with Gasteiger partial charge in [-0.2, -0.15) is 18.4 Å². The Kier molecular flexibility index (Phi) is 3.94. The smallest absolute Gasteiger partial charge is 0.416 e. The van der Waals surface area contributed by atoms with Gasteiger partial charge in [0.15, 0.2) is 0 Å². The zero-order valence-electron chi connectivity index (χ0n) is 10.5. The molecule has 0 N–H and O–H groups in total. The van der Waals surface area contributed by atoms with Crippen molar-refractivity contribution in [3.8, 4) is 11.8 Å². The van der Waals surface area contributed by atoms with Crippen LogP contribution in [-0.4, -0.2) is 5.97 Å².